The molecular weight excluding hydrogens is 474 g/mol. The van der Waals surface area contributed by atoms with Crippen molar-refractivity contribution < 1.29 is 18.5 Å². The third-order valence-corrected chi connectivity index (χ3v) is 7.81. The van der Waals surface area contributed by atoms with Crippen LogP contribution in [0.15, 0.2) is 102 Å². The van der Waals surface area contributed by atoms with Crippen LogP contribution in [0.3, 0.4) is 0 Å². The Morgan fingerprint density at radius 1 is 0.947 bits per heavy atom. The normalized spacial score (nSPS) is 19.0. The highest BCUT2D eigenvalue weighted by molar-refractivity contribution is 5.94. The number of H-pyrrole nitrogens is 1. The van der Waals surface area contributed by atoms with Gasteiger partial charge in [0.05, 0.1) is 25.5 Å². The minimum absolute atomic E-state index is 0.0521. The van der Waals surface area contributed by atoms with Crippen LogP contribution in [0.5, 0.6) is 0 Å². The zero-order valence-electron chi connectivity index (χ0n) is 21.3. The second-order valence-corrected chi connectivity index (χ2v) is 10.1. The molecule has 0 saturated carbocycles. The van der Waals surface area contributed by atoms with Crippen molar-refractivity contribution >= 4 is 28.5 Å². The molecule has 0 aliphatic carbocycles. The lowest BCUT2D eigenvalue weighted by Gasteiger charge is -2.33. The van der Waals surface area contributed by atoms with Gasteiger partial charge in [-0.05, 0) is 60.0 Å². The Labute approximate surface area is 221 Å². The van der Waals surface area contributed by atoms with E-state index < -0.39 is 0 Å². The summed E-state index contributed by atoms with van der Waals surface area (Å²) in [5.74, 6) is -0.0526. The van der Waals surface area contributed by atoms with Gasteiger partial charge in [0.1, 0.15) is 6.04 Å². The van der Waals surface area contributed by atoms with Crippen molar-refractivity contribution in [2.24, 2.45) is 0 Å². The average molecular weight is 505 g/mol. The molecule has 5 aromatic rings. The van der Waals surface area contributed by atoms with Crippen molar-refractivity contribution in [3.63, 3.8) is 0 Å². The summed E-state index contributed by atoms with van der Waals surface area (Å²) < 4.78 is 5.07. The summed E-state index contributed by atoms with van der Waals surface area (Å²) in [5.41, 5.74) is 6.83. The fraction of sp³-hybridized carbons (Fsp3) is 0.188. The first-order chi connectivity index (χ1) is 18.5. The molecule has 0 spiro atoms. The first-order valence-electron chi connectivity index (χ1n) is 13.1. The van der Waals surface area contributed by atoms with E-state index >= 15 is 0 Å². The standard InChI is InChI=1S/C32H29N3O3/c1-22-6-5-16-35(22,31(36)18-23-7-3-2-4-8-23)32(37)33-28-12-9-24(10-13-28)30-20-27-19-25(11-14-29(27)34-30)26-15-17-38-21-26/h2-4,7-15,17,19-22,34H,5-6,16,18H2,1H3/p+1/t22-,35?/m1/s1. The first-order valence-corrected chi connectivity index (χ1v) is 13.1. The van der Waals surface area contributed by atoms with Crippen LogP contribution < -0.4 is 5.32 Å². The number of furan rings is 1. The average Bonchev–Trinajstić information content (AvgIpc) is 3.69. The van der Waals surface area contributed by atoms with Crippen molar-refractivity contribution in [3.8, 4) is 22.4 Å². The number of fused-ring (bicyclic) bond motifs is 1. The van der Waals surface area contributed by atoms with E-state index in [9.17, 15) is 9.59 Å². The summed E-state index contributed by atoms with van der Waals surface area (Å²) in [6, 6.07) is 27.5. The Balaban J connectivity index is 1.21. The molecule has 6 nitrogen and oxygen atoms in total. The predicted molar refractivity (Wildman–Crippen MR) is 149 cm³/mol. The van der Waals surface area contributed by atoms with Gasteiger partial charge in [-0.15, -0.1) is 0 Å². The van der Waals surface area contributed by atoms with Crippen molar-refractivity contribution in [2.45, 2.75) is 32.2 Å². The van der Waals surface area contributed by atoms with Crippen LogP contribution in [0.4, 0.5) is 10.5 Å². The lowest BCUT2D eigenvalue weighted by atomic mass is 10.1. The molecule has 2 N–H and O–H groups in total. The molecule has 190 valence electrons. The van der Waals surface area contributed by atoms with Crippen LogP contribution in [-0.2, 0) is 11.2 Å². The van der Waals surface area contributed by atoms with Crippen molar-refractivity contribution in [1.29, 1.82) is 0 Å². The van der Waals surface area contributed by atoms with E-state index in [1.807, 2.05) is 67.6 Å². The topological polar surface area (TPSA) is 75.1 Å². The number of rotatable bonds is 5. The molecule has 0 radical (unpaired) electrons. The Morgan fingerprint density at radius 2 is 1.74 bits per heavy atom. The summed E-state index contributed by atoms with van der Waals surface area (Å²) in [4.78, 5) is 30.6. The molecule has 1 aliphatic heterocycles. The van der Waals surface area contributed by atoms with Crippen LogP contribution in [0.25, 0.3) is 33.3 Å². The first kappa shape index (κ1) is 23.9. The number of quaternary nitrogens is 1. The summed E-state index contributed by atoms with van der Waals surface area (Å²) in [6.45, 7) is 2.54. The number of aromatic nitrogens is 1. The number of hydrogen-bond acceptors (Lipinski definition) is 3. The minimum atomic E-state index is -0.249. The number of nitrogens with zero attached hydrogens (tertiary/aromatic N) is 1. The molecule has 1 saturated heterocycles. The van der Waals surface area contributed by atoms with Crippen molar-refractivity contribution in [2.75, 3.05) is 11.9 Å². The number of hydrogen-bond donors (Lipinski definition) is 2. The molecule has 6 rings (SSSR count). The zero-order chi connectivity index (χ0) is 26.1. The zero-order valence-corrected chi connectivity index (χ0v) is 21.3. The van der Waals surface area contributed by atoms with Crippen LogP contribution >= 0.6 is 0 Å². The summed E-state index contributed by atoms with van der Waals surface area (Å²) in [6.07, 6.45) is 5.38. The van der Waals surface area contributed by atoms with Gasteiger partial charge in [-0.25, -0.2) is 9.59 Å². The van der Waals surface area contributed by atoms with E-state index in [1.165, 1.54) is 0 Å². The van der Waals surface area contributed by atoms with E-state index in [-0.39, 0.29) is 28.9 Å². The lowest BCUT2D eigenvalue weighted by molar-refractivity contribution is -0.782. The quantitative estimate of drug-likeness (QED) is 0.245. The van der Waals surface area contributed by atoms with Gasteiger partial charge in [0.25, 0.3) is 0 Å². The van der Waals surface area contributed by atoms with E-state index in [4.69, 9.17) is 4.42 Å². The van der Waals surface area contributed by atoms with Gasteiger partial charge in [0, 0.05) is 40.7 Å². The number of imide groups is 1. The third-order valence-electron chi connectivity index (χ3n) is 7.81. The minimum Gasteiger partial charge on any atom is -0.472 e. The number of aromatic amines is 1. The molecular formula is C32H30N3O3+. The second-order valence-electron chi connectivity index (χ2n) is 10.1. The van der Waals surface area contributed by atoms with Gasteiger partial charge < -0.3 is 9.40 Å². The Kier molecular flexibility index (Phi) is 6.18. The van der Waals surface area contributed by atoms with Gasteiger partial charge in [-0.3, -0.25) is 5.32 Å². The summed E-state index contributed by atoms with van der Waals surface area (Å²) in [7, 11) is 0. The van der Waals surface area contributed by atoms with Gasteiger partial charge >= 0.3 is 11.9 Å². The van der Waals surface area contributed by atoms with Crippen LogP contribution in [0, 0.1) is 0 Å². The molecule has 3 aromatic carbocycles. The highest BCUT2D eigenvalue weighted by Gasteiger charge is 2.52. The SMILES string of the molecule is C[C@@H]1CCC[N+]1(C(=O)Cc1ccccc1)C(=O)Nc1ccc(-c2cc3cc(-c4ccoc4)ccc3[nH]2)cc1. The van der Waals surface area contributed by atoms with Crippen LogP contribution in [-0.4, -0.2) is 34.0 Å². The molecule has 1 unspecified atom stereocenters. The van der Waals surface area contributed by atoms with E-state index in [1.54, 1.807) is 12.5 Å². The van der Waals surface area contributed by atoms with Gasteiger partial charge in [-0.1, -0.05) is 48.5 Å². The highest BCUT2D eigenvalue weighted by Crippen LogP contribution is 2.32. The number of benzene rings is 3. The number of carbonyl (C=O) groups excluding carboxylic acids is 2. The number of nitrogens with one attached hydrogen (secondary N) is 2. The second kappa shape index (κ2) is 9.80. The Bertz CT molecular complexity index is 1590. The number of anilines is 1. The highest BCUT2D eigenvalue weighted by atomic mass is 16.3. The molecule has 3 amide bonds. The number of urea groups is 1. The summed E-state index contributed by atoms with van der Waals surface area (Å²) in [5, 5.41) is 4.16. The van der Waals surface area contributed by atoms with Crippen LogP contribution in [0.2, 0.25) is 0 Å². The molecule has 38 heavy (non-hydrogen) atoms. The molecule has 0 bridgehead atoms. The molecule has 1 fully saturated rings. The number of amides is 3. The molecule has 2 atom stereocenters. The van der Waals surface area contributed by atoms with E-state index in [0.717, 1.165) is 51.7 Å². The fourth-order valence-corrected chi connectivity index (χ4v) is 5.63. The summed E-state index contributed by atoms with van der Waals surface area (Å²) >= 11 is 0. The Hall–Kier alpha value is -4.42. The monoisotopic (exact) mass is 504 g/mol. The van der Waals surface area contributed by atoms with Crippen molar-refractivity contribution in [3.05, 3.63) is 103 Å². The molecule has 3 heterocycles. The van der Waals surface area contributed by atoms with E-state index in [0.29, 0.717) is 12.2 Å². The van der Waals surface area contributed by atoms with E-state index in [2.05, 4.69) is 34.6 Å². The lowest BCUT2D eigenvalue weighted by Crippen LogP contribution is -2.61. The van der Waals surface area contributed by atoms with Gasteiger partial charge in [0.2, 0.25) is 0 Å². The molecule has 2 aromatic heterocycles. The van der Waals surface area contributed by atoms with Gasteiger partial charge in [0.15, 0.2) is 0 Å². The smallest absolute Gasteiger partial charge is 0.428 e. The predicted octanol–water partition coefficient (Wildman–Crippen LogP) is 7.40. The molecule has 6 heteroatoms. The maximum Gasteiger partial charge on any atom is 0.428 e. The maximum atomic E-state index is 13.6. The van der Waals surface area contributed by atoms with Gasteiger partial charge in [-0.2, -0.15) is 4.48 Å². The van der Waals surface area contributed by atoms with Crippen LogP contribution in [0.1, 0.15) is 25.3 Å². The molecule has 1 aliphatic rings. The fourth-order valence-electron chi connectivity index (χ4n) is 5.63. The third kappa shape index (κ3) is 4.33. The largest absolute Gasteiger partial charge is 0.472 e. The number of carbonyl (C=O) groups is 2. The van der Waals surface area contributed by atoms with Crippen molar-refractivity contribution in [1.82, 2.24) is 4.98 Å². The number of likely N-dealkylation sites (tertiary alicyclic amines) is 1. The maximum absolute atomic E-state index is 13.6. The Morgan fingerprint density at radius 3 is 2.45 bits per heavy atom.